The molecule has 0 heterocycles. The Kier molecular flexibility index (Phi) is 4.68. The Balaban J connectivity index is 2.17. The third-order valence-corrected chi connectivity index (χ3v) is 2.99. The van der Waals surface area contributed by atoms with Crippen LogP contribution in [0, 0.1) is 6.92 Å². The van der Waals surface area contributed by atoms with Gasteiger partial charge in [0.25, 0.3) is 5.91 Å². The second kappa shape index (κ2) is 6.51. The van der Waals surface area contributed by atoms with E-state index in [1.807, 2.05) is 0 Å². The summed E-state index contributed by atoms with van der Waals surface area (Å²) in [6, 6.07) is 9.47. The Labute approximate surface area is 129 Å². The van der Waals surface area contributed by atoms with Gasteiger partial charge >= 0.3 is 6.36 Å². The summed E-state index contributed by atoms with van der Waals surface area (Å²) < 4.78 is 40.3. The van der Waals surface area contributed by atoms with Gasteiger partial charge in [0.1, 0.15) is 12.0 Å². The topological polar surface area (TPSA) is 55.4 Å². The van der Waals surface area contributed by atoms with Crippen molar-refractivity contribution in [2.24, 2.45) is 0 Å². The average molecular weight is 323 g/mol. The molecule has 0 aliphatic carbocycles. The fourth-order valence-corrected chi connectivity index (χ4v) is 1.88. The Bertz CT molecular complexity index is 742. The van der Waals surface area contributed by atoms with Gasteiger partial charge in [0.15, 0.2) is 0 Å². The number of alkyl halides is 3. The molecule has 2 aromatic carbocycles. The van der Waals surface area contributed by atoms with Crippen molar-refractivity contribution in [2.45, 2.75) is 13.3 Å². The average Bonchev–Trinajstić information content (AvgIpc) is 2.46. The van der Waals surface area contributed by atoms with Gasteiger partial charge in [0.05, 0.1) is 0 Å². The Morgan fingerprint density at radius 2 is 1.91 bits per heavy atom. The van der Waals surface area contributed by atoms with Crippen molar-refractivity contribution < 1.29 is 27.5 Å². The minimum absolute atomic E-state index is 0.143. The number of anilines is 1. The van der Waals surface area contributed by atoms with Crippen LogP contribution in [0.4, 0.5) is 18.9 Å². The van der Waals surface area contributed by atoms with Gasteiger partial charge in [0.2, 0.25) is 0 Å². The summed E-state index contributed by atoms with van der Waals surface area (Å²) in [5.74, 6) is -0.981. The summed E-state index contributed by atoms with van der Waals surface area (Å²) in [6.07, 6.45) is -4.18. The maximum absolute atomic E-state index is 12.2. The zero-order valence-electron chi connectivity index (χ0n) is 12.0. The molecule has 1 N–H and O–H groups in total. The number of ether oxygens (including phenoxy) is 1. The number of rotatable bonds is 4. The van der Waals surface area contributed by atoms with Gasteiger partial charge in [-0.15, -0.1) is 13.2 Å². The molecule has 0 fully saturated rings. The van der Waals surface area contributed by atoms with Crippen molar-refractivity contribution in [3.05, 3.63) is 59.2 Å². The van der Waals surface area contributed by atoms with Crippen LogP contribution in [0.25, 0.3) is 0 Å². The lowest BCUT2D eigenvalue weighted by Gasteiger charge is -2.11. The first-order chi connectivity index (χ1) is 10.8. The number of halogens is 3. The molecule has 0 aliphatic rings. The van der Waals surface area contributed by atoms with E-state index >= 15 is 0 Å². The fourth-order valence-electron chi connectivity index (χ4n) is 1.88. The highest BCUT2D eigenvalue weighted by Gasteiger charge is 2.31. The van der Waals surface area contributed by atoms with Crippen LogP contribution >= 0.6 is 0 Å². The van der Waals surface area contributed by atoms with Gasteiger partial charge < -0.3 is 10.1 Å². The lowest BCUT2D eigenvalue weighted by atomic mass is 10.1. The van der Waals surface area contributed by atoms with Crippen LogP contribution in [-0.4, -0.2) is 18.6 Å². The molecule has 0 unspecified atom stereocenters. The SMILES string of the molecule is Cc1ccc(C(=O)Nc2cccc(OC(F)(F)F)c2)cc1C=O. The largest absolute Gasteiger partial charge is 0.573 e. The number of benzene rings is 2. The van der Waals surface area contributed by atoms with E-state index in [4.69, 9.17) is 0 Å². The quantitative estimate of drug-likeness (QED) is 0.867. The molecule has 0 atom stereocenters. The summed E-state index contributed by atoms with van der Waals surface area (Å²) in [4.78, 5) is 23.0. The number of nitrogens with one attached hydrogen (secondary N) is 1. The van der Waals surface area contributed by atoms with Crippen LogP contribution in [0.2, 0.25) is 0 Å². The maximum Gasteiger partial charge on any atom is 0.573 e. The molecule has 0 aromatic heterocycles. The molecule has 0 spiro atoms. The van der Waals surface area contributed by atoms with Crippen LogP contribution in [0.1, 0.15) is 26.3 Å². The van der Waals surface area contributed by atoms with Crippen LogP contribution in [0.5, 0.6) is 5.75 Å². The second-order valence-corrected chi connectivity index (χ2v) is 4.72. The molecule has 1 amide bonds. The van der Waals surface area contributed by atoms with Gasteiger partial charge in [-0.1, -0.05) is 12.1 Å². The van der Waals surface area contributed by atoms with Crippen molar-refractivity contribution in [1.29, 1.82) is 0 Å². The number of hydrogen-bond acceptors (Lipinski definition) is 3. The highest BCUT2D eigenvalue weighted by Crippen LogP contribution is 2.25. The summed E-state index contributed by atoms with van der Waals surface area (Å²) in [5.41, 5.74) is 1.45. The highest BCUT2D eigenvalue weighted by atomic mass is 19.4. The van der Waals surface area contributed by atoms with Gasteiger partial charge in [-0.2, -0.15) is 0 Å². The van der Waals surface area contributed by atoms with E-state index in [1.165, 1.54) is 24.3 Å². The Morgan fingerprint density at radius 1 is 1.17 bits per heavy atom. The van der Waals surface area contributed by atoms with Crippen LogP contribution < -0.4 is 10.1 Å². The molecular weight excluding hydrogens is 311 g/mol. The van der Waals surface area contributed by atoms with E-state index in [0.29, 0.717) is 11.8 Å². The second-order valence-electron chi connectivity index (χ2n) is 4.72. The summed E-state index contributed by atoms with van der Waals surface area (Å²) in [5, 5.41) is 2.45. The molecule has 0 radical (unpaired) electrons. The Hall–Kier alpha value is -2.83. The van der Waals surface area contributed by atoms with Crippen molar-refractivity contribution in [1.82, 2.24) is 0 Å². The number of carbonyl (C=O) groups excluding carboxylic acids is 2. The number of carbonyl (C=O) groups is 2. The summed E-state index contributed by atoms with van der Waals surface area (Å²) in [6.45, 7) is 1.73. The van der Waals surface area contributed by atoms with E-state index in [1.54, 1.807) is 13.0 Å². The molecule has 7 heteroatoms. The molecular formula is C16H12F3NO3. The monoisotopic (exact) mass is 323 g/mol. The van der Waals surface area contributed by atoms with Crippen LogP contribution in [0.3, 0.4) is 0 Å². The van der Waals surface area contributed by atoms with Crippen molar-refractivity contribution in [2.75, 3.05) is 5.32 Å². The zero-order valence-corrected chi connectivity index (χ0v) is 12.0. The molecule has 0 saturated heterocycles. The molecule has 0 saturated carbocycles. The first kappa shape index (κ1) is 16.5. The predicted molar refractivity (Wildman–Crippen MR) is 77.6 cm³/mol. The van der Waals surface area contributed by atoms with Crippen LogP contribution in [-0.2, 0) is 0 Å². The predicted octanol–water partition coefficient (Wildman–Crippen LogP) is 3.96. The third-order valence-electron chi connectivity index (χ3n) is 2.99. The normalized spacial score (nSPS) is 11.0. The first-order valence-electron chi connectivity index (χ1n) is 6.51. The molecule has 4 nitrogen and oxygen atoms in total. The first-order valence-corrected chi connectivity index (χ1v) is 6.51. The number of aryl methyl sites for hydroxylation is 1. The van der Waals surface area contributed by atoms with E-state index < -0.39 is 18.0 Å². The van der Waals surface area contributed by atoms with Crippen molar-refractivity contribution >= 4 is 17.9 Å². The van der Waals surface area contributed by atoms with E-state index in [-0.39, 0.29) is 11.3 Å². The molecule has 2 aromatic rings. The number of amides is 1. The van der Waals surface area contributed by atoms with E-state index in [2.05, 4.69) is 10.1 Å². The Morgan fingerprint density at radius 3 is 2.57 bits per heavy atom. The summed E-state index contributed by atoms with van der Waals surface area (Å²) >= 11 is 0. The lowest BCUT2D eigenvalue weighted by molar-refractivity contribution is -0.274. The number of aldehydes is 1. The van der Waals surface area contributed by atoms with Gasteiger partial charge in [-0.05, 0) is 36.8 Å². The van der Waals surface area contributed by atoms with Crippen molar-refractivity contribution in [3.63, 3.8) is 0 Å². The number of hydrogen-bond donors (Lipinski definition) is 1. The minimum atomic E-state index is -4.81. The standard InChI is InChI=1S/C16H12F3NO3/c1-10-5-6-11(7-12(10)9-21)15(22)20-13-3-2-4-14(8-13)23-16(17,18)19/h2-9H,1H3,(H,20,22). The summed E-state index contributed by atoms with van der Waals surface area (Å²) in [7, 11) is 0. The molecule has 0 bridgehead atoms. The molecule has 0 aliphatic heterocycles. The zero-order chi connectivity index (χ0) is 17.0. The van der Waals surface area contributed by atoms with Gasteiger partial charge in [0, 0.05) is 22.9 Å². The smallest absolute Gasteiger partial charge is 0.406 e. The minimum Gasteiger partial charge on any atom is -0.406 e. The molecule has 120 valence electrons. The molecule has 23 heavy (non-hydrogen) atoms. The van der Waals surface area contributed by atoms with E-state index in [9.17, 15) is 22.8 Å². The van der Waals surface area contributed by atoms with Crippen molar-refractivity contribution in [3.8, 4) is 5.75 Å². The molecule has 2 rings (SSSR count). The highest BCUT2D eigenvalue weighted by molar-refractivity contribution is 6.05. The fraction of sp³-hybridized carbons (Fsp3) is 0.125. The van der Waals surface area contributed by atoms with E-state index in [0.717, 1.165) is 17.7 Å². The lowest BCUT2D eigenvalue weighted by Crippen LogP contribution is -2.17. The third kappa shape index (κ3) is 4.57. The maximum atomic E-state index is 12.2. The van der Waals surface area contributed by atoms with Gasteiger partial charge in [-0.3, -0.25) is 9.59 Å². The van der Waals surface area contributed by atoms with Gasteiger partial charge in [-0.25, -0.2) is 0 Å². The van der Waals surface area contributed by atoms with Crippen LogP contribution in [0.15, 0.2) is 42.5 Å².